The standard InChI is InChI=1S/C18H16N2O3/c1-12-10-16(13(2)22-12)18(21)20-14-8-9-19-17(11-14)23-15-6-4-3-5-7-15/h3-11H,1-2H3,(H,19,20,21). The molecule has 0 bridgehead atoms. The van der Waals surface area contributed by atoms with E-state index < -0.39 is 0 Å². The summed E-state index contributed by atoms with van der Waals surface area (Å²) >= 11 is 0. The van der Waals surface area contributed by atoms with Crippen LogP contribution in [0, 0.1) is 13.8 Å². The number of furan rings is 1. The van der Waals surface area contributed by atoms with Crippen LogP contribution in [-0.4, -0.2) is 10.9 Å². The molecule has 5 nitrogen and oxygen atoms in total. The topological polar surface area (TPSA) is 64.4 Å². The first-order valence-electron chi connectivity index (χ1n) is 7.19. The molecule has 1 amide bonds. The van der Waals surface area contributed by atoms with Crippen LogP contribution in [0.4, 0.5) is 5.69 Å². The maximum Gasteiger partial charge on any atom is 0.259 e. The number of ether oxygens (including phenoxy) is 1. The molecule has 0 saturated heterocycles. The van der Waals surface area contributed by atoms with Crippen LogP contribution in [0.1, 0.15) is 21.9 Å². The molecule has 0 aliphatic heterocycles. The average molecular weight is 308 g/mol. The van der Waals surface area contributed by atoms with E-state index in [9.17, 15) is 4.79 Å². The van der Waals surface area contributed by atoms with Crippen LogP contribution in [0.25, 0.3) is 0 Å². The minimum absolute atomic E-state index is 0.226. The highest BCUT2D eigenvalue weighted by Gasteiger charge is 2.14. The summed E-state index contributed by atoms with van der Waals surface area (Å²) in [6.07, 6.45) is 1.58. The Morgan fingerprint density at radius 3 is 2.61 bits per heavy atom. The van der Waals surface area contributed by atoms with Crippen LogP contribution in [0.3, 0.4) is 0 Å². The van der Waals surface area contributed by atoms with Gasteiger partial charge in [0, 0.05) is 18.0 Å². The SMILES string of the molecule is Cc1cc(C(=O)Nc2ccnc(Oc3ccccc3)c2)c(C)o1. The van der Waals surface area contributed by atoms with E-state index in [1.807, 2.05) is 37.3 Å². The van der Waals surface area contributed by atoms with Crippen LogP contribution >= 0.6 is 0 Å². The third-order valence-electron chi connectivity index (χ3n) is 3.24. The molecule has 0 fully saturated rings. The summed E-state index contributed by atoms with van der Waals surface area (Å²) in [5.74, 6) is 2.17. The summed E-state index contributed by atoms with van der Waals surface area (Å²) in [6, 6.07) is 14.4. The monoisotopic (exact) mass is 308 g/mol. The molecule has 0 atom stereocenters. The first kappa shape index (κ1) is 14.8. The van der Waals surface area contributed by atoms with E-state index >= 15 is 0 Å². The lowest BCUT2D eigenvalue weighted by molar-refractivity contribution is 0.102. The molecule has 0 aliphatic carbocycles. The van der Waals surface area contributed by atoms with Gasteiger partial charge in [0.25, 0.3) is 5.91 Å². The van der Waals surface area contributed by atoms with E-state index in [2.05, 4.69) is 10.3 Å². The average Bonchev–Trinajstić information content (AvgIpc) is 2.87. The predicted molar refractivity (Wildman–Crippen MR) is 86.9 cm³/mol. The predicted octanol–water partition coefficient (Wildman–Crippen LogP) is 4.34. The van der Waals surface area contributed by atoms with Gasteiger partial charge in [0.2, 0.25) is 5.88 Å². The van der Waals surface area contributed by atoms with Gasteiger partial charge in [-0.25, -0.2) is 4.98 Å². The number of aromatic nitrogens is 1. The number of nitrogens with zero attached hydrogens (tertiary/aromatic N) is 1. The number of pyridine rings is 1. The van der Waals surface area contributed by atoms with Crippen molar-refractivity contribution in [1.82, 2.24) is 4.98 Å². The summed E-state index contributed by atoms with van der Waals surface area (Å²) in [5, 5.41) is 2.82. The minimum Gasteiger partial charge on any atom is -0.466 e. The van der Waals surface area contributed by atoms with Gasteiger partial charge in [0.05, 0.1) is 5.56 Å². The highest BCUT2D eigenvalue weighted by atomic mass is 16.5. The second-order valence-electron chi connectivity index (χ2n) is 5.08. The smallest absolute Gasteiger partial charge is 0.259 e. The fourth-order valence-corrected chi connectivity index (χ4v) is 2.21. The zero-order valence-electron chi connectivity index (χ0n) is 12.9. The number of hydrogen-bond donors (Lipinski definition) is 1. The van der Waals surface area contributed by atoms with Gasteiger partial charge in [0.15, 0.2) is 0 Å². The summed E-state index contributed by atoms with van der Waals surface area (Å²) in [6.45, 7) is 3.57. The molecule has 5 heteroatoms. The van der Waals surface area contributed by atoms with Crippen molar-refractivity contribution in [3.63, 3.8) is 0 Å². The van der Waals surface area contributed by atoms with E-state index in [1.165, 1.54) is 0 Å². The third kappa shape index (κ3) is 3.58. The lowest BCUT2D eigenvalue weighted by Gasteiger charge is -2.07. The van der Waals surface area contributed by atoms with Crippen molar-refractivity contribution in [3.05, 3.63) is 71.8 Å². The van der Waals surface area contributed by atoms with E-state index in [0.717, 1.165) is 0 Å². The molecule has 0 saturated carbocycles. The Kier molecular flexibility index (Phi) is 4.10. The summed E-state index contributed by atoms with van der Waals surface area (Å²) in [4.78, 5) is 16.4. The number of para-hydroxylation sites is 1. The largest absolute Gasteiger partial charge is 0.466 e. The quantitative estimate of drug-likeness (QED) is 0.779. The van der Waals surface area contributed by atoms with Crippen LogP contribution in [0.2, 0.25) is 0 Å². The van der Waals surface area contributed by atoms with Crippen molar-refractivity contribution >= 4 is 11.6 Å². The molecule has 0 spiro atoms. The van der Waals surface area contributed by atoms with Crippen molar-refractivity contribution < 1.29 is 13.9 Å². The van der Waals surface area contributed by atoms with Gasteiger partial charge in [-0.05, 0) is 38.1 Å². The molecule has 1 aromatic carbocycles. The number of amides is 1. The molecule has 3 rings (SSSR count). The summed E-state index contributed by atoms with van der Waals surface area (Å²) in [7, 11) is 0. The van der Waals surface area contributed by atoms with Gasteiger partial charge < -0.3 is 14.5 Å². The van der Waals surface area contributed by atoms with Crippen LogP contribution < -0.4 is 10.1 Å². The van der Waals surface area contributed by atoms with Crippen LogP contribution in [0.5, 0.6) is 11.6 Å². The Hall–Kier alpha value is -3.08. The van der Waals surface area contributed by atoms with Crippen molar-refractivity contribution in [2.24, 2.45) is 0 Å². The Balaban J connectivity index is 1.75. The molecular weight excluding hydrogens is 292 g/mol. The minimum atomic E-state index is -0.226. The summed E-state index contributed by atoms with van der Waals surface area (Å²) < 4.78 is 11.0. The van der Waals surface area contributed by atoms with Crippen molar-refractivity contribution in [2.45, 2.75) is 13.8 Å². The highest BCUT2D eigenvalue weighted by Crippen LogP contribution is 2.22. The summed E-state index contributed by atoms with van der Waals surface area (Å²) in [5.41, 5.74) is 1.12. The van der Waals surface area contributed by atoms with E-state index in [-0.39, 0.29) is 5.91 Å². The van der Waals surface area contributed by atoms with Gasteiger partial charge >= 0.3 is 0 Å². The van der Waals surface area contributed by atoms with Gasteiger partial charge in [-0.15, -0.1) is 0 Å². The number of nitrogens with one attached hydrogen (secondary N) is 1. The number of rotatable bonds is 4. The molecule has 3 aromatic rings. The fraction of sp³-hybridized carbons (Fsp3) is 0.111. The Morgan fingerprint density at radius 1 is 1.13 bits per heavy atom. The second kappa shape index (κ2) is 6.36. The van der Waals surface area contributed by atoms with Crippen LogP contribution in [0.15, 0.2) is 59.1 Å². The number of hydrogen-bond acceptors (Lipinski definition) is 4. The lowest BCUT2D eigenvalue weighted by atomic mass is 10.2. The fourth-order valence-electron chi connectivity index (χ4n) is 2.21. The Morgan fingerprint density at radius 2 is 1.91 bits per heavy atom. The number of anilines is 1. The van der Waals surface area contributed by atoms with Gasteiger partial charge in [-0.1, -0.05) is 18.2 Å². The molecule has 2 aromatic heterocycles. The maximum atomic E-state index is 12.3. The van der Waals surface area contributed by atoms with Gasteiger partial charge in [-0.3, -0.25) is 4.79 Å². The third-order valence-corrected chi connectivity index (χ3v) is 3.24. The number of carbonyl (C=O) groups excluding carboxylic acids is 1. The molecule has 2 heterocycles. The molecule has 1 N–H and O–H groups in total. The number of carbonyl (C=O) groups is 1. The van der Waals surface area contributed by atoms with Crippen molar-refractivity contribution in [3.8, 4) is 11.6 Å². The van der Waals surface area contributed by atoms with E-state index in [1.54, 1.807) is 31.3 Å². The molecule has 116 valence electrons. The Labute approximate surface area is 133 Å². The van der Waals surface area contributed by atoms with Crippen LogP contribution in [-0.2, 0) is 0 Å². The zero-order valence-corrected chi connectivity index (χ0v) is 12.9. The van der Waals surface area contributed by atoms with Crippen molar-refractivity contribution in [2.75, 3.05) is 5.32 Å². The molecule has 23 heavy (non-hydrogen) atoms. The maximum absolute atomic E-state index is 12.3. The van der Waals surface area contributed by atoms with Crippen molar-refractivity contribution in [1.29, 1.82) is 0 Å². The molecule has 0 aliphatic rings. The normalized spacial score (nSPS) is 10.3. The van der Waals surface area contributed by atoms with E-state index in [0.29, 0.717) is 34.4 Å². The Bertz CT molecular complexity index is 825. The zero-order chi connectivity index (χ0) is 16.2. The van der Waals surface area contributed by atoms with E-state index in [4.69, 9.17) is 9.15 Å². The molecule has 0 unspecified atom stereocenters. The molecular formula is C18H16N2O3. The number of benzene rings is 1. The highest BCUT2D eigenvalue weighted by molar-refractivity contribution is 6.05. The molecule has 0 radical (unpaired) electrons. The first-order valence-corrected chi connectivity index (χ1v) is 7.19. The second-order valence-corrected chi connectivity index (χ2v) is 5.08. The van der Waals surface area contributed by atoms with Gasteiger partial charge in [0.1, 0.15) is 17.3 Å². The van der Waals surface area contributed by atoms with Gasteiger partial charge in [-0.2, -0.15) is 0 Å². The lowest BCUT2D eigenvalue weighted by Crippen LogP contribution is -2.12. The first-order chi connectivity index (χ1) is 11.1. The number of aryl methyl sites for hydroxylation is 2.